The number of halogens is 1. The number of hydrogen-bond acceptors (Lipinski definition) is 4. The molecule has 0 saturated heterocycles. The number of hydrogen-bond donors (Lipinski definition) is 2. The molecule has 1 aromatic carbocycles. The lowest BCUT2D eigenvalue weighted by atomic mass is 10.2. The second-order valence-electron chi connectivity index (χ2n) is 5.61. The van der Waals surface area contributed by atoms with Crippen molar-refractivity contribution in [2.75, 3.05) is 32.5 Å². The zero-order chi connectivity index (χ0) is 16.8. The first-order chi connectivity index (χ1) is 11.0. The third kappa shape index (κ3) is 5.23. The number of aryl methyl sites for hydroxylation is 1. The average molecular weight is 333 g/mol. The lowest BCUT2D eigenvalue weighted by Crippen LogP contribution is -2.31. The molecule has 1 amide bonds. The molecule has 2 rings (SSSR count). The number of aromatic nitrogens is 1. The molecule has 23 heavy (non-hydrogen) atoms. The molecule has 5 nitrogen and oxygen atoms in total. The first kappa shape index (κ1) is 17.2. The number of amides is 1. The van der Waals surface area contributed by atoms with E-state index in [1.807, 2.05) is 44.1 Å². The van der Waals surface area contributed by atoms with Crippen molar-refractivity contribution in [3.63, 3.8) is 0 Å². The first-order valence-electron chi connectivity index (χ1n) is 7.37. The number of pyridine rings is 1. The largest absolute Gasteiger partial charge is 0.354 e. The standard InChI is InChI=1S/C17H21ClN4O/c1-12-8-14(18)4-5-16(12)21-15-9-13(10-19-11-15)17(23)20-6-7-22(2)3/h4-5,8-11,21H,6-7H2,1-3H3,(H,20,23). The number of carbonyl (C=O) groups is 1. The number of rotatable bonds is 6. The molecule has 0 aliphatic heterocycles. The van der Waals surface area contributed by atoms with Crippen LogP contribution in [-0.4, -0.2) is 43.0 Å². The number of benzene rings is 1. The van der Waals surface area contributed by atoms with Gasteiger partial charge in [-0.25, -0.2) is 0 Å². The van der Waals surface area contributed by atoms with E-state index >= 15 is 0 Å². The van der Waals surface area contributed by atoms with Gasteiger partial charge in [-0.3, -0.25) is 9.78 Å². The van der Waals surface area contributed by atoms with Gasteiger partial charge in [0.25, 0.3) is 5.91 Å². The molecule has 0 aliphatic carbocycles. The van der Waals surface area contributed by atoms with Gasteiger partial charge in [-0.2, -0.15) is 0 Å². The second kappa shape index (κ2) is 7.94. The molecular formula is C17H21ClN4O. The van der Waals surface area contributed by atoms with Crippen molar-refractivity contribution in [3.05, 3.63) is 52.8 Å². The van der Waals surface area contributed by atoms with Crippen molar-refractivity contribution >= 4 is 28.9 Å². The minimum atomic E-state index is -0.129. The quantitative estimate of drug-likeness (QED) is 0.853. The molecule has 0 aliphatic rings. The van der Waals surface area contributed by atoms with Crippen LogP contribution in [0.5, 0.6) is 0 Å². The van der Waals surface area contributed by atoms with Crippen LogP contribution in [0.2, 0.25) is 5.02 Å². The predicted octanol–water partition coefficient (Wildman–Crippen LogP) is 3.08. The molecule has 1 heterocycles. The summed E-state index contributed by atoms with van der Waals surface area (Å²) in [4.78, 5) is 18.3. The van der Waals surface area contributed by atoms with Gasteiger partial charge in [-0.1, -0.05) is 11.6 Å². The zero-order valence-corrected chi connectivity index (χ0v) is 14.3. The molecule has 2 aromatic rings. The summed E-state index contributed by atoms with van der Waals surface area (Å²) in [6, 6.07) is 7.39. The SMILES string of the molecule is Cc1cc(Cl)ccc1Nc1cncc(C(=O)NCCN(C)C)c1. The summed E-state index contributed by atoms with van der Waals surface area (Å²) >= 11 is 5.96. The van der Waals surface area contributed by atoms with E-state index in [0.717, 1.165) is 23.5 Å². The number of anilines is 2. The highest BCUT2D eigenvalue weighted by Crippen LogP contribution is 2.23. The van der Waals surface area contributed by atoms with Crippen molar-refractivity contribution in [3.8, 4) is 0 Å². The van der Waals surface area contributed by atoms with E-state index in [0.29, 0.717) is 17.1 Å². The minimum absolute atomic E-state index is 0.129. The molecule has 0 fully saturated rings. The van der Waals surface area contributed by atoms with Gasteiger partial charge in [0.05, 0.1) is 17.4 Å². The molecule has 0 spiro atoms. The maximum Gasteiger partial charge on any atom is 0.252 e. The molecule has 0 saturated carbocycles. The third-order valence-corrected chi connectivity index (χ3v) is 3.55. The smallest absolute Gasteiger partial charge is 0.252 e. The van der Waals surface area contributed by atoms with E-state index < -0.39 is 0 Å². The van der Waals surface area contributed by atoms with Gasteiger partial charge in [0, 0.05) is 30.0 Å². The number of nitrogens with one attached hydrogen (secondary N) is 2. The Labute approximate surface area is 141 Å². The monoisotopic (exact) mass is 332 g/mol. The Morgan fingerprint density at radius 3 is 2.74 bits per heavy atom. The Balaban J connectivity index is 2.06. The highest BCUT2D eigenvalue weighted by Gasteiger charge is 2.07. The van der Waals surface area contributed by atoms with Gasteiger partial charge in [-0.15, -0.1) is 0 Å². The highest BCUT2D eigenvalue weighted by molar-refractivity contribution is 6.30. The van der Waals surface area contributed by atoms with E-state index in [4.69, 9.17) is 11.6 Å². The van der Waals surface area contributed by atoms with Crippen LogP contribution in [-0.2, 0) is 0 Å². The number of likely N-dealkylation sites (N-methyl/N-ethyl adjacent to an activating group) is 1. The fourth-order valence-electron chi connectivity index (χ4n) is 2.05. The molecule has 0 radical (unpaired) electrons. The van der Waals surface area contributed by atoms with Crippen LogP contribution < -0.4 is 10.6 Å². The predicted molar refractivity (Wildman–Crippen MR) is 94.6 cm³/mol. The van der Waals surface area contributed by atoms with Crippen molar-refractivity contribution in [2.24, 2.45) is 0 Å². The molecule has 2 N–H and O–H groups in total. The van der Waals surface area contributed by atoms with Crippen LogP contribution in [0.1, 0.15) is 15.9 Å². The molecule has 1 aromatic heterocycles. The summed E-state index contributed by atoms with van der Waals surface area (Å²) in [7, 11) is 3.93. The van der Waals surface area contributed by atoms with Crippen LogP contribution in [0.15, 0.2) is 36.7 Å². The van der Waals surface area contributed by atoms with E-state index in [2.05, 4.69) is 15.6 Å². The number of nitrogens with zero attached hydrogens (tertiary/aromatic N) is 2. The van der Waals surface area contributed by atoms with E-state index in [9.17, 15) is 4.79 Å². The van der Waals surface area contributed by atoms with E-state index in [-0.39, 0.29) is 5.91 Å². The van der Waals surface area contributed by atoms with Gasteiger partial charge in [0.2, 0.25) is 0 Å². The van der Waals surface area contributed by atoms with Gasteiger partial charge >= 0.3 is 0 Å². The van der Waals surface area contributed by atoms with Crippen LogP contribution in [0.3, 0.4) is 0 Å². The topological polar surface area (TPSA) is 57.3 Å². The Hall–Kier alpha value is -2.11. The van der Waals surface area contributed by atoms with Gasteiger partial charge in [0.15, 0.2) is 0 Å². The Bertz CT molecular complexity index is 688. The first-order valence-corrected chi connectivity index (χ1v) is 7.74. The van der Waals surface area contributed by atoms with Crippen molar-refractivity contribution in [1.29, 1.82) is 0 Å². The van der Waals surface area contributed by atoms with Crippen LogP contribution in [0, 0.1) is 6.92 Å². The summed E-state index contributed by atoms with van der Waals surface area (Å²) in [5, 5.41) is 6.83. The third-order valence-electron chi connectivity index (χ3n) is 3.31. The minimum Gasteiger partial charge on any atom is -0.354 e. The molecular weight excluding hydrogens is 312 g/mol. The molecule has 0 bridgehead atoms. The van der Waals surface area contributed by atoms with Gasteiger partial charge in [0.1, 0.15) is 0 Å². The Kier molecular flexibility index (Phi) is 5.96. The zero-order valence-electron chi connectivity index (χ0n) is 13.6. The van der Waals surface area contributed by atoms with Crippen molar-refractivity contribution < 1.29 is 4.79 Å². The second-order valence-corrected chi connectivity index (χ2v) is 6.04. The molecule has 6 heteroatoms. The van der Waals surface area contributed by atoms with Crippen LogP contribution in [0.4, 0.5) is 11.4 Å². The normalized spacial score (nSPS) is 10.7. The average Bonchev–Trinajstić information content (AvgIpc) is 2.50. The van der Waals surface area contributed by atoms with Crippen LogP contribution >= 0.6 is 11.6 Å². The van der Waals surface area contributed by atoms with Crippen LogP contribution in [0.25, 0.3) is 0 Å². The maximum absolute atomic E-state index is 12.1. The highest BCUT2D eigenvalue weighted by atomic mass is 35.5. The lowest BCUT2D eigenvalue weighted by Gasteiger charge is -2.12. The maximum atomic E-state index is 12.1. The fraction of sp³-hybridized carbons (Fsp3) is 0.294. The Morgan fingerprint density at radius 1 is 1.26 bits per heavy atom. The molecule has 0 atom stereocenters. The summed E-state index contributed by atoms with van der Waals surface area (Å²) in [5.41, 5.74) is 3.25. The van der Waals surface area contributed by atoms with Gasteiger partial charge in [-0.05, 0) is 50.8 Å². The fourth-order valence-corrected chi connectivity index (χ4v) is 2.28. The Morgan fingerprint density at radius 2 is 2.04 bits per heavy atom. The number of carbonyl (C=O) groups excluding carboxylic acids is 1. The molecule has 0 unspecified atom stereocenters. The summed E-state index contributed by atoms with van der Waals surface area (Å²) in [6.45, 7) is 3.36. The van der Waals surface area contributed by atoms with Gasteiger partial charge < -0.3 is 15.5 Å². The van der Waals surface area contributed by atoms with Crippen molar-refractivity contribution in [1.82, 2.24) is 15.2 Å². The van der Waals surface area contributed by atoms with E-state index in [1.165, 1.54) is 0 Å². The van der Waals surface area contributed by atoms with E-state index in [1.54, 1.807) is 18.5 Å². The molecule has 122 valence electrons. The van der Waals surface area contributed by atoms with Crippen molar-refractivity contribution in [2.45, 2.75) is 6.92 Å². The summed E-state index contributed by atoms with van der Waals surface area (Å²) in [5.74, 6) is -0.129. The summed E-state index contributed by atoms with van der Waals surface area (Å²) < 4.78 is 0. The summed E-state index contributed by atoms with van der Waals surface area (Å²) in [6.07, 6.45) is 3.25. The lowest BCUT2D eigenvalue weighted by molar-refractivity contribution is 0.0950.